The number of carbonyl (C=O) groups is 4. The van der Waals surface area contributed by atoms with Gasteiger partial charge in [0, 0.05) is 27.7 Å². The fourth-order valence-corrected chi connectivity index (χ4v) is 2.20. The maximum atomic E-state index is 11.3. The molecule has 1 aliphatic heterocycles. The molecule has 0 bridgehead atoms. The Kier molecular flexibility index (Phi) is 7.11. The van der Waals surface area contributed by atoms with Gasteiger partial charge >= 0.3 is 23.9 Å². The Labute approximate surface area is 138 Å². The van der Waals surface area contributed by atoms with Gasteiger partial charge in [-0.3, -0.25) is 19.2 Å². The molecule has 0 spiro atoms. The Bertz CT molecular complexity index is 490. The number of carbonyl (C=O) groups excluding carboxylic acids is 4. The Hall–Kier alpha value is -2.20. The van der Waals surface area contributed by atoms with Crippen LogP contribution in [0.2, 0.25) is 0 Å². The van der Waals surface area contributed by atoms with Gasteiger partial charge in [0.1, 0.15) is 18.8 Å². The van der Waals surface area contributed by atoms with E-state index in [1.165, 1.54) is 6.92 Å². The van der Waals surface area contributed by atoms with Gasteiger partial charge in [0.25, 0.3) is 0 Å². The first-order valence-electron chi connectivity index (χ1n) is 7.18. The first kappa shape index (κ1) is 19.8. The average molecular weight is 347 g/mol. The smallest absolute Gasteiger partial charge is 0.304 e. The number of esters is 4. The second-order valence-corrected chi connectivity index (χ2v) is 5.18. The summed E-state index contributed by atoms with van der Waals surface area (Å²) in [4.78, 5) is 44.9. The van der Waals surface area contributed by atoms with Gasteiger partial charge in [-0.05, 0) is 0 Å². The van der Waals surface area contributed by atoms with Crippen molar-refractivity contribution in [3.8, 4) is 0 Å². The highest BCUT2D eigenvalue weighted by Gasteiger charge is 2.50. The average Bonchev–Trinajstić information content (AvgIpc) is 2.42. The SMILES string of the molecule is CC(=O)OCC1O[C@@H](OC(C)=O)C(N)[C@@H](OC(C)=O)[C@H]1OC(C)=O. The van der Waals surface area contributed by atoms with Crippen LogP contribution in [0, 0.1) is 0 Å². The molecule has 2 unspecified atom stereocenters. The van der Waals surface area contributed by atoms with Crippen molar-refractivity contribution >= 4 is 23.9 Å². The van der Waals surface area contributed by atoms with E-state index in [1.807, 2.05) is 0 Å². The Morgan fingerprint density at radius 2 is 1.33 bits per heavy atom. The summed E-state index contributed by atoms with van der Waals surface area (Å²) in [6.07, 6.45) is -4.58. The second kappa shape index (κ2) is 8.60. The highest BCUT2D eigenvalue weighted by atomic mass is 16.7. The molecule has 0 aromatic carbocycles. The van der Waals surface area contributed by atoms with Gasteiger partial charge in [-0.15, -0.1) is 0 Å². The molecule has 24 heavy (non-hydrogen) atoms. The number of hydrogen-bond acceptors (Lipinski definition) is 10. The van der Waals surface area contributed by atoms with E-state index in [1.54, 1.807) is 0 Å². The number of rotatable bonds is 5. The molecule has 2 N–H and O–H groups in total. The van der Waals surface area contributed by atoms with Crippen molar-refractivity contribution in [3.63, 3.8) is 0 Å². The first-order chi connectivity index (χ1) is 11.1. The van der Waals surface area contributed by atoms with Crippen LogP contribution < -0.4 is 5.73 Å². The summed E-state index contributed by atoms with van der Waals surface area (Å²) in [6, 6.07) is -1.10. The van der Waals surface area contributed by atoms with E-state index in [4.69, 9.17) is 29.4 Å². The summed E-state index contributed by atoms with van der Waals surface area (Å²) in [5, 5.41) is 0. The van der Waals surface area contributed by atoms with E-state index in [0.29, 0.717) is 0 Å². The van der Waals surface area contributed by atoms with Gasteiger partial charge in [-0.2, -0.15) is 0 Å². The lowest BCUT2D eigenvalue weighted by Gasteiger charge is -2.42. The summed E-state index contributed by atoms with van der Waals surface area (Å²) in [5.41, 5.74) is 5.93. The standard InChI is InChI=1S/C14H21NO9/c1-6(16)20-5-10-12(21-7(2)17)13(22-8(3)18)11(15)14(24-10)23-9(4)19/h10-14H,5,15H2,1-4H3/t10?,11?,12-,13+,14+/m0/s1. The molecule has 0 aromatic rings. The topological polar surface area (TPSA) is 140 Å². The van der Waals surface area contributed by atoms with E-state index >= 15 is 0 Å². The largest absolute Gasteiger partial charge is 0.463 e. The van der Waals surface area contributed by atoms with Crippen LogP contribution in [0.5, 0.6) is 0 Å². The van der Waals surface area contributed by atoms with Crippen LogP contribution in [0.4, 0.5) is 0 Å². The summed E-state index contributed by atoms with van der Waals surface area (Å²) in [7, 11) is 0. The lowest BCUT2D eigenvalue weighted by atomic mass is 9.97. The third-order valence-corrected chi connectivity index (χ3v) is 3.03. The molecule has 0 radical (unpaired) electrons. The summed E-state index contributed by atoms with van der Waals surface area (Å²) < 4.78 is 25.5. The molecule has 1 aliphatic rings. The van der Waals surface area contributed by atoms with Crippen LogP contribution in [0.15, 0.2) is 0 Å². The fraction of sp³-hybridized carbons (Fsp3) is 0.714. The third-order valence-electron chi connectivity index (χ3n) is 3.03. The molecule has 1 rings (SSSR count). The molecule has 0 aromatic heterocycles. The van der Waals surface area contributed by atoms with Crippen LogP contribution in [-0.4, -0.2) is 61.1 Å². The maximum Gasteiger partial charge on any atom is 0.304 e. The molecule has 1 saturated heterocycles. The van der Waals surface area contributed by atoms with Gasteiger partial charge in [0.05, 0.1) is 0 Å². The summed E-state index contributed by atoms with van der Waals surface area (Å²) in [6.45, 7) is 4.32. The maximum absolute atomic E-state index is 11.3. The van der Waals surface area contributed by atoms with Crippen LogP contribution in [-0.2, 0) is 42.9 Å². The molecule has 1 fully saturated rings. The predicted molar refractivity (Wildman–Crippen MR) is 76.1 cm³/mol. The quantitative estimate of drug-likeness (QED) is 0.487. The van der Waals surface area contributed by atoms with Crippen molar-refractivity contribution in [1.29, 1.82) is 0 Å². The van der Waals surface area contributed by atoms with E-state index < -0.39 is 54.5 Å². The molecule has 136 valence electrons. The third kappa shape index (κ3) is 5.78. The van der Waals surface area contributed by atoms with Crippen molar-refractivity contribution in [2.24, 2.45) is 5.73 Å². The summed E-state index contributed by atoms with van der Waals surface area (Å²) in [5.74, 6) is -2.62. The van der Waals surface area contributed by atoms with Gasteiger partial charge in [0.2, 0.25) is 6.29 Å². The fourth-order valence-electron chi connectivity index (χ4n) is 2.20. The van der Waals surface area contributed by atoms with Crippen molar-refractivity contribution in [3.05, 3.63) is 0 Å². The summed E-state index contributed by atoms with van der Waals surface area (Å²) >= 11 is 0. The van der Waals surface area contributed by atoms with Crippen LogP contribution >= 0.6 is 0 Å². The predicted octanol–water partition coefficient (Wildman–Crippen LogP) is -0.972. The molecule has 10 nitrogen and oxygen atoms in total. The van der Waals surface area contributed by atoms with E-state index in [9.17, 15) is 19.2 Å². The van der Waals surface area contributed by atoms with E-state index in [-0.39, 0.29) is 6.61 Å². The van der Waals surface area contributed by atoms with Crippen LogP contribution in [0.25, 0.3) is 0 Å². The highest BCUT2D eigenvalue weighted by molar-refractivity contribution is 5.68. The second-order valence-electron chi connectivity index (χ2n) is 5.18. The molecule has 10 heteroatoms. The Morgan fingerprint density at radius 1 is 0.833 bits per heavy atom. The van der Waals surface area contributed by atoms with Crippen molar-refractivity contribution in [1.82, 2.24) is 0 Å². The van der Waals surface area contributed by atoms with E-state index in [2.05, 4.69) is 0 Å². The zero-order valence-corrected chi connectivity index (χ0v) is 13.8. The van der Waals surface area contributed by atoms with Crippen molar-refractivity contribution < 1.29 is 42.9 Å². The van der Waals surface area contributed by atoms with Crippen molar-refractivity contribution in [2.75, 3.05) is 6.61 Å². The number of ether oxygens (including phenoxy) is 5. The normalized spacial score (nSPS) is 29.3. The van der Waals surface area contributed by atoms with Crippen LogP contribution in [0.1, 0.15) is 27.7 Å². The first-order valence-corrected chi connectivity index (χ1v) is 7.18. The molecule has 0 amide bonds. The molecular formula is C14H21NO9. The van der Waals surface area contributed by atoms with Gasteiger partial charge in [-0.25, -0.2) is 0 Å². The zero-order valence-electron chi connectivity index (χ0n) is 13.8. The minimum absolute atomic E-state index is 0.310. The number of hydrogen-bond donors (Lipinski definition) is 1. The van der Waals surface area contributed by atoms with Crippen LogP contribution in [0.3, 0.4) is 0 Å². The van der Waals surface area contributed by atoms with E-state index in [0.717, 1.165) is 20.8 Å². The van der Waals surface area contributed by atoms with Crippen molar-refractivity contribution in [2.45, 2.75) is 58.3 Å². The lowest BCUT2D eigenvalue weighted by molar-refractivity contribution is -0.267. The van der Waals surface area contributed by atoms with Gasteiger partial charge in [-0.1, -0.05) is 0 Å². The molecule has 0 saturated carbocycles. The Morgan fingerprint density at radius 3 is 1.79 bits per heavy atom. The lowest BCUT2D eigenvalue weighted by Crippen LogP contribution is -2.65. The minimum atomic E-state index is -1.26. The minimum Gasteiger partial charge on any atom is -0.463 e. The zero-order chi connectivity index (χ0) is 18.4. The monoisotopic (exact) mass is 347 g/mol. The molecule has 1 heterocycles. The highest BCUT2D eigenvalue weighted by Crippen LogP contribution is 2.26. The van der Waals surface area contributed by atoms with Gasteiger partial charge < -0.3 is 29.4 Å². The Balaban J connectivity index is 3.08. The molecular weight excluding hydrogens is 326 g/mol. The molecule has 5 atom stereocenters. The number of nitrogens with two attached hydrogens (primary N) is 1. The van der Waals surface area contributed by atoms with Gasteiger partial charge in [0.15, 0.2) is 12.2 Å². The molecule has 0 aliphatic carbocycles.